The van der Waals surface area contributed by atoms with Crippen LogP contribution in [0.15, 0.2) is 102 Å². The largest absolute Gasteiger partial charge is 0.366 e. The van der Waals surface area contributed by atoms with Gasteiger partial charge in [0.15, 0.2) is 0 Å². The number of hydrogen-bond donors (Lipinski definition) is 0. The Bertz CT molecular complexity index is 1060. The molecule has 0 fully saturated rings. The van der Waals surface area contributed by atoms with Gasteiger partial charge in [-0.1, -0.05) is 84.0 Å². The Hall–Kier alpha value is -3.79. The molecule has 0 bridgehead atoms. The van der Waals surface area contributed by atoms with Crippen molar-refractivity contribution in [3.05, 3.63) is 114 Å². The Morgan fingerprint density at radius 2 is 1.33 bits per heavy atom. The van der Waals surface area contributed by atoms with Crippen molar-refractivity contribution in [2.24, 2.45) is 5.16 Å². The van der Waals surface area contributed by atoms with E-state index < -0.39 is 5.97 Å². The molecule has 4 aromatic rings. The molecule has 1 aromatic heterocycles. The normalized spacial score (nSPS) is 10.4. The molecule has 0 saturated heterocycles. The van der Waals surface area contributed by atoms with Crippen molar-refractivity contribution in [1.29, 1.82) is 0 Å². The lowest BCUT2D eigenvalue weighted by Gasteiger charge is -2.07. The molecular formula is C23H16N2O2. The molecule has 0 aliphatic heterocycles. The monoisotopic (exact) mass is 352 g/mol. The van der Waals surface area contributed by atoms with Crippen LogP contribution in [-0.4, -0.2) is 16.7 Å². The van der Waals surface area contributed by atoms with E-state index in [-0.39, 0.29) is 0 Å². The molecule has 0 radical (unpaired) electrons. The van der Waals surface area contributed by atoms with Crippen molar-refractivity contribution in [2.45, 2.75) is 0 Å². The van der Waals surface area contributed by atoms with E-state index in [1.165, 1.54) is 0 Å². The zero-order valence-electron chi connectivity index (χ0n) is 14.4. The van der Waals surface area contributed by atoms with Gasteiger partial charge in [0.2, 0.25) is 0 Å². The Labute approximate surface area is 156 Å². The second-order valence-electron chi connectivity index (χ2n) is 5.93. The number of para-hydroxylation sites is 1. The molecule has 1 heterocycles. The molecule has 27 heavy (non-hydrogen) atoms. The highest BCUT2D eigenvalue weighted by atomic mass is 16.7. The fourth-order valence-electron chi connectivity index (χ4n) is 2.87. The van der Waals surface area contributed by atoms with Gasteiger partial charge in [-0.2, -0.15) is 0 Å². The minimum atomic E-state index is -0.516. The highest BCUT2D eigenvalue weighted by Gasteiger charge is 2.14. The average molecular weight is 352 g/mol. The number of pyridine rings is 1. The van der Waals surface area contributed by atoms with E-state index in [0.29, 0.717) is 11.3 Å². The van der Waals surface area contributed by atoms with Crippen LogP contribution in [0, 0.1) is 0 Å². The Morgan fingerprint density at radius 1 is 0.741 bits per heavy atom. The fourth-order valence-corrected chi connectivity index (χ4v) is 2.87. The van der Waals surface area contributed by atoms with Gasteiger partial charge < -0.3 is 4.84 Å². The second kappa shape index (κ2) is 7.62. The van der Waals surface area contributed by atoms with Crippen LogP contribution in [0.2, 0.25) is 0 Å². The number of fused-ring (bicyclic) bond motifs is 1. The van der Waals surface area contributed by atoms with Crippen molar-refractivity contribution >= 4 is 22.6 Å². The molecule has 0 aliphatic rings. The molecule has 4 heteroatoms. The van der Waals surface area contributed by atoms with Crippen LogP contribution in [0.25, 0.3) is 10.9 Å². The third-order valence-electron chi connectivity index (χ3n) is 4.18. The van der Waals surface area contributed by atoms with Crippen LogP contribution in [0.4, 0.5) is 0 Å². The second-order valence-corrected chi connectivity index (χ2v) is 5.93. The Morgan fingerprint density at radius 3 is 2.00 bits per heavy atom. The van der Waals surface area contributed by atoms with Crippen LogP contribution in [0.1, 0.15) is 21.5 Å². The number of carbonyl (C=O) groups is 1. The summed E-state index contributed by atoms with van der Waals surface area (Å²) in [6.07, 6.45) is 1.60. The van der Waals surface area contributed by atoms with Gasteiger partial charge in [-0.3, -0.25) is 4.98 Å². The molecule has 4 rings (SSSR count). The van der Waals surface area contributed by atoms with Crippen molar-refractivity contribution in [3.63, 3.8) is 0 Å². The first-order chi connectivity index (χ1) is 13.3. The maximum atomic E-state index is 12.7. The first kappa shape index (κ1) is 16.7. The standard InChI is InChI=1S/C23H16N2O2/c26-23(20-15-16-24-21-14-8-7-13-19(20)21)27-25-22(17-9-3-1-4-10-17)18-11-5-2-6-12-18/h1-16H. The molecule has 0 aliphatic carbocycles. The van der Waals surface area contributed by atoms with Gasteiger partial charge in [-0.15, -0.1) is 0 Å². The molecule has 0 saturated carbocycles. The topological polar surface area (TPSA) is 51.5 Å². The first-order valence-electron chi connectivity index (χ1n) is 8.57. The SMILES string of the molecule is O=C(ON=C(c1ccccc1)c1ccccc1)c1ccnc2ccccc12. The van der Waals surface area contributed by atoms with E-state index in [1.807, 2.05) is 84.9 Å². The third kappa shape index (κ3) is 3.60. The third-order valence-corrected chi connectivity index (χ3v) is 4.18. The van der Waals surface area contributed by atoms with Gasteiger partial charge in [-0.05, 0) is 12.1 Å². The molecule has 130 valence electrons. The molecule has 0 atom stereocenters. The predicted molar refractivity (Wildman–Crippen MR) is 106 cm³/mol. The van der Waals surface area contributed by atoms with Gasteiger partial charge in [0.1, 0.15) is 5.71 Å². The lowest BCUT2D eigenvalue weighted by Crippen LogP contribution is -2.08. The van der Waals surface area contributed by atoms with Gasteiger partial charge in [0.05, 0.1) is 11.1 Å². The smallest absolute Gasteiger partial charge is 0.312 e. The fraction of sp³-hybridized carbons (Fsp3) is 0. The van der Waals surface area contributed by atoms with Crippen molar-refractivity contribution < 1.29 is 9.63 Å². The van der Waals surface area contributed by atoms with E-state index in [1.54, 1.807) is 12.3 Å². The number of oxime groups is 1. The molecule has 0 amide bonds. The highest BCUT2D eigenvalue weighted by Crippen LogP contribution is 2.18. The van der Waals surface area contributed by atoms with Crippen molar-refractivity contribution in [2.75, 3.05) is 0 Å². The van der Waals surface area contributed by atoms with Crippen LogP contribution in [0.5, 0.6) is 0 Å². The number of benzene rings is 3. The number of rotatable bonds is 4. The van der Waals surface area contributed by atoms with Crippen LogP contribution >= 0.6 is 0 Å². The Balaban J connectivity index is 1.70. The quantitative estimate of drug-likeness (QED) is 0.300. The molecule has 0 N–H and O–H groups in total. The maximum absolute atomic E-state index is 12.7. The number of aromatic nitrogens is 1. The summed E-state index contributed by atoms with van der Waals surface area (Å²) in [6.45, 7) is 0. The highest BCUT2D eigenvalue weighted by molar-refractivity contribution is 6.13. The van der Waals surface area contributed by atoms with Crippen LogP contribution < -0.4 is 0 Å². The molecule has 3 aromatic carbocycles. The number of nitrogens with zero attached hydrogens (tertiary/aromatic N) is 2. The number of hydrogen-bond acceptors (Lipinski definition) is 4. The van der Waals surface area contributed by atoms with E-state index >= 15 is 0 Å². The molecule has 0 spiro atoms. The maximum Gasteiger partial charge on any atom is 0.366 e. The van der Waals surface area contributed by atoms with Crippen molar-refractivity contribution in [1.82, 2.24) is 4.98 Å². The van der Waals surface area contributed by atoms with E-state index in [0.717, 1.165) is 22.0 Å². The van der Waals surface area contributed by atoms with Crippen molar-refractivity contribution in [3.8, 4) is 0 Å². The predicted octanol–water partition coefficient (Wildman–Crippen LogP) is 4.84. The molecule has 0 unspecified atom stereocenters. The zero-order valence-corrected chi connectivity index (χ0v) is 14.4. The lowest BCUT2D eigenvalue weighted by molar-refractivity contribution is 0.0519. The van der Waals surface area contributed by atoms with Gasteiger partial charge in [0, 0.05) is 22.7 Å². The van der Waals surface area contributed by atoms with E-state index in [4.69, 9.17) is 4.84 Å². The molecular weight excluding hydrogens is 336 g/mol. The van der Waals surface area contributed by atoms with E-state index in [9.17, 15) is 4.79 Å². The Kier molecular flexibility index (Phi) is 4.70. The summed E-state index contributed by atoms with van der Waals surface area (Å²) in [5.41, 5.74) is 3.52. The van der Waals surface area contributed by atoms with E-state index in [2.05, 4.69) is 10.1 Å². The summed E-state index contributed by atoms with van der Waals surface area (Å²) in [5, 5.41) is 4.93. The summed E-state index contributed by atoms with van der Waals surface area (Å²) in [4.78, 5) is 22.3. The summed E-state index contributed by atoms with van der Waals surface area (Å²) in [5.74, 6) is -0.516. The first-order valence-corrected chi connectivity index (χ1v) is 8.57. The summed E-state index contributed by atoms with van der Waals surface area (Å²) in [6, 6.07) is 28.4. The van der Waals surface area contributed by atoms with Crippen LogP contribution in [-0.2, 0) is 4.84 Å². The molecule has 4 nitrogen and oxygen atoms in total. The average Bonchev–Trinajstić information content (AvgIpc) is 2.75. The summed E-state index contributed by atoms with van der Waals surface area (Å²) >= 11 is 0. The van der Waals surface area contributed by atoms with Gasteiger partial charge >= 0.3 is 5.97 Å². The van der Waals surface area contributed by atoms with Crippen LogP contribution in [0.3, 0.4) is 0 Å². The lowest BCUT2D eigenvalue weighted by atomic mass is 10.0. The summed E-state index contributed by atoms with van der Waals surface area (Å²) < 4.78 is 0. The zero-order chi connectivity index (χ0) is 18.5. The minimum absolute atomic E-state index is 0.435. The van der Waals surface area contributed by atoms with Gasteiger partial charge in [-0.25, -0.2) is 4.79 Å². The minimum Gasteiger partial charge on any atom is -0.312 e. The summed E-state index contributed by atoms with van der Waals surface area (Å²) in [7, 11) is 0. The van der Waals surface area contributed by atoms with Gasteiger partial charge in [0.25, 0.3) is 0 Å². The number of carbonyl (C=O) groups excluding carboxylic acids is 1.